The molecule has 0 spiro atoms. The second-order valence-electron chi connectivity index (χ2n) is 4.47. The average Bonchev–Trinajstić information content (AvgIpc) is 2.52. The van der Waals surface area contributed by atoms with Gasteiger partial charge in [0.15, 0.2) is 4.77 Å². The van der Waals surface area contributed by atoms with Crippen molar-refractivity contribution in [2.45, 2.75) is 13.3 Å². The molecule has 6 nitrogen and oxygen atoms in total. The van der Waals surface area contributed by atoms with Gasteiger partial charge >= 0.3 is 0 Å². The molecule has 1 aromatic rings. The van der Waals surface area contributed by atoms with Gasteiger partial charge in [-0.3, -0.25) is 9.78 Å². The predicted molar refractivity (Wildman–Crippen MR) is 92.4 cm³/mol. The molecular formula is C16H18N4O2S. The van der Waals surface area contributed by atoms with E-state index in [1.54, 1.807) is 18.2 Å². The van der Waals surface area contributed by atoms with Crippen LogP contribution in [0.15, 0.2) is 46.8 Å². The van der Waals surface area contributed by atoms with Crippen molar-refractivity contribution in [3.63, 3.8) is 0 Å². The first-order valence-electron chi connectivity index (χ1n) is 6.87. The summed E-state index contributed by atoms with van der Waals surface area (Å²) >= 11 is 4.92. The van der Waals surface area contributed by atoms with Gasteiger partial charge in [0.25, 0.3) is 5.56 Å². The number of hydrogen-bond acceptors (Lipinski definition) is 5. The van der Waals surface area contributed by atoms with Crippen molar-refractivity contribution in [3.8, 4) is 6.07 Å². The molecular weight excluding hydrogens is 312 g/mol. The zero-order valence-corrected chi connectivity index (χ0v) is 13.5. The fourth-order valence-corrected chi connectivity index (χ4v) is 2.16. The third-order valence-corrected chi connectivity index (χ3v) is 3.22. The number of H-pyrrole nitrogens is 2. The minimum absolute atomic E-state index is 0.0309. The van der Waals surface area contributed by atoms with E-state index < -0.39 is 5.56 Å². The summed E-state index contributed by atoms with van der Waals surface area (Å²) in [5.74, 6) is 0. The van der Waals surface area contributed by atoms with Crippen LogP contribution in [-0.2, 0) is 0 Å². The van der Waals surface area contributed by atoms with E-state index in [-0.39, 0.29) is 10.3 Å². The molecule has 0 saturated carbocycles. The van der Waals surface area contributed by atoms with Crippen molar-refractivity contribution < 1.29 is 5.21 Å². The highest BCUT2D eigenvalue weighted by Crippen LogP contribution is 2.17. The lowest BCUT2D eigenvalue weighted by Crippen LogP contribution is -2.13. The van der Waals surface area contributed by atoms with E-state index in [4.69, 9.17) is 22.7 Å². The van der Waals surface area contributed by atoms with Crippen LogP contribution in [0.1, 0.15) is 24.6 Å². The lowest BCUT2D eigenvalue weighted by atomic mass is 10.0. The Morgan fingerprint density at radius 2 is 2.26 bits per heavy atom. The highest BCUT2D eigenvalue weighted by Gasteiger charge is 2.06. The van der Waals surface area contributed by atoms with Gasteiger partial charge in [-0.1, -0.05) is 30.9 Å². The third kappa shape index (κ3) is 5.30. The molecule has 23 heavy (non-hydrogen) atoms. The molecule has 0 radical (unpaired) electrons. The van der Waals surface area contributed by atoms with E-state index in [1.165, 1.54) is 0 Å². The SMILES string of the molecule is C=C\C=C(CCNO)/C(=C\C)/C=C/c1[nH]c(=S)[nH]c(=O)c1C#N. The Morgan fingerprint density at radius 3 is 2.83 bits per heavy atom. The van der Waals surface area contributed by atoms with Gasteiger partial charge in [0, 0.05) is 6.54 Å². The molecule has 0 aromatic carbocycles. The Bertz CT molecular complexity index is 807. The van der Waals surface area contributed by atoms with Gasteiger partial charge in [-0.25, -0.2) is 5.48 Å². The van der Waals surface area contributed by atoms with Gasteiger partial charge in [0.1, 0.15) is 11.6 Å². The summed E-state index contributed by atoms with van der Waals surface area (Å²) in [5.41, 5.74) is 3.72. The molecule has 120 valence electrons. The standard InChI is InChI=1S/C16H18N4O2S/c1-3-5-12(8-9-18-22)11(4-2)6-7-14-13(10-17)15(21)20-16(23)19-14/h3-7,18,22H,1,8-9H2,2H3,(H2,19,20,21,23)/b7-6+,11-4-,12-5-. The average molecular weight is 330 g/mol. The van der Waals surface area contributed by atoms with Crippen LogP contribution in [0.3, 0.4) is 0 Å². The van der Waals surface area contributed by atoms with E-state index in [0.29, 0.717) is 18.7 Å². The molecule has 1 aromatic heterocycles. The van der Waals surface area contributed by atoms with Crippen LogP contribution in [0.2, 0.25) is 0 Å². The van der Waals surface area contributed by atoms with E-state index in [9.17, 15) is 4.79 Å². The first-order valence-corrected chi connectivity index (χ1v) is 7.28. The number of aromatic amines is 2. The van der Waals surface area contributed by atoms with E-state index in [0.717, 1.165) is 11.1 Å². The number of hydroxylamine groups is 1. The van der Waals surface area contributed by atoms with Crippen LogP contribution in [0.25, 0.3) is 6.08 Å². The first-order chi connectivity index (χ1) is 11.1. The van der Waals surface area contributed by atoms with Crippen LogP contribution >= 0.6 is 12.2 Å². The Labute approximate surface area is 139 Å². The van der Waals surface area contributed by atoms with Gasteiger partial charge in [0.2, 0.25) is 0 Å². The second-order valence-corrected chi connectivity index (χ2v) is 4.88. The maximum atomic E-state index is 11.7. The molecule has 0 amide bonds. The second kappa shape index (κ2) is 9.48. The van der Waals surface area contributed by atoms with Gasteiger partial charge in [-0.2, -0.15) is 5.26 Å². The van der Waals surface area contributed by atoms with Crippen molar-refractivity contribution in [1.29, 1.82) is 5.26 Å². The van der Waals surface area contributed by atoms with Gasteiger partial charge < -0.3 is 10.2 Å². The molecule has 0 aliphatic rings. The number of rotatable bonds is 7. The molecule has 0 atom stereocenters. The maximum Gasteiger partial charge on any atom is 0.270 e. The summed E-state index contributed by atoms with van der Waals surface area (Å²) in [6.45, 7) is 5.93. The number of allylic oxidation sites excluding steroid dienone is 5. The molecule has 1 rings (SSSR count). The van der Waals surface area contributed by atoms with Crippen LogP contribution in [-0.4, -0.2) is 21.7 Å². The van der Waals surface area contributed by atoms with Crippen LogP contribution < -0.4 is 11.0 Å². The number of nitrogens with zero attached hydrogens (tertiary/aromatic N) is 1. The normalized spacial score (nSPS) is 12.4. The fraction of sp³-hybridized carbons (Fsp3) is 0.188. The lowest BCUT2D eigenvalue weighted by molar-refractivity contribution is 0.168. The Morgan fingerprint density at radius 1 is 1.52 bits per heavy atom. The van der Waals surface area contributed by atoms with Gasteiger partial charge in [-0.05, 0) is 42.8 Å². The van der Waals surface area contributed by atoms with Crippen molar-refractivity contribution in [3.05, 3.63) is 68.4 Å². The van der Waals surface area contributed by atoms with Crippen molar-refractivity contribution in [1.82, 2.24) is 15.4 Å². The number of nitrogens with one attached hydrogen (secondary N) is 3. The number of nitriles is 1. The highest BCUT2D eigenvalue weighted by atomic mass is 32.1. The Balaban J connectivity index is 3.23. The van der Waals surface area contributed by atoms with Crippen LogP contribution in [0, 0.1) is 16.1 Å². The quantitative estimate of drug-likeness (QED) is 0.349. The smallest absolute Gasteiger partial charge is 0.270 e. The first kappa shape index (κ1) is 18.5. The van der Waals surface area contributed by atoms with E-state index >= 15 is 0 Å². The molecule has 4 N–H and O–H groups in total. The number of aromatic nitrogens is 2. The maximum absolute atomic E-state index is 11.7. The Hall–Kier alpha value is -2.53. The summed E-state index contributed by atoms with van der Waals surface area (Å²) in [5, 5.41) is 17.8. The van der Waals surface area contributed by atoms with Crippen LogP contribution in [0.5, 0.6) is 0 Å². The topological polar surface area (TPSA) is 105 Å². The monoisotopic (exact) mass is 330 g/mol. The zero-order valence-electron chi connectivity index (χ0n) is 12.7. The van der Waals surface area contributed by atoms with Crippen molar-refractivity contribution >= 4 is 18.3 Å². The molecule has 0 saturated heterocycles. The zero-order chi connectivity index (χ0) is 17.2. The molecule has 0 fully saturated rings. The van der Waals surface area contributed by atoms with Gasteiger partial charge in [0.05, 0.1) is 5.69 Å². The van der Waals surface area contributed by atoms with Crippen molar-refractivity contribution in [2.75, 3.05) is 6.54 Å². The lowest BCUT2D eigenvalue weighted by Gasteiger charge is -2.07. The van der Waals surface area contributed by atoms with E-state index in [1.807, 2.05) is 25.1 Å². The fourth-order valence-electron chi connectivity index (χ4n) is 1.96. The van der Waals surface area contributed by atoms with Gasteiger partial charge in [-0.15, -0.1) is 0 Å². The Kier molecular flexibility index (Phi) is 7.63. The minimum atomic E-state index is -0.524. The molecule has 0 aliphatic heterocycles. The molecule has 0 bridgehead atoms. The third-order valence-electron chi connectivity index (χ3n) is 3.02. The molecule has 1 heterocycles. The minimum Gasteiger partial charge on any atom is -0.331 e. The molecule has 0 aliphatic carbocycles. The molecule has 0 unspecified atom stereocenters. The highest BCUT2D eigenvalue weighted by molar-refractivity contribution is 7.71. The molecule has 7 heteroatoms. The van der Waals surface area contributed by atoms with Crippen LogP contribution in [0.4, 0.5) is 0 Å². The summed E-state index contributed by atoms with van der Waals surface area (Å²) in [7, 11) is 0. The summed E-state index contributed by atoms with van der Waals surface area (Å²) in [6, 6.07) is 1.86. The largest absolute Gasteiger partial charge is 0.331 e. The predicted octanol–water partition coefficient (Wildman–Crippen LogP) is 2.74. The number of hydrogen-bond donors (Lipinski definition) is 4. The van der Waals surface area contributed by atoms with Crippen molar-refractivity contribution in [2.24, 2.45) is 0 Å². The summed E-state index contributed by atoms with van der Waals surface area (Å²) in [6.07, 6.45) is 9.36. The van der Waals surface area contributed by atoms with E-state index in [2.05, 4.69) is 22.0 Å². The summed E-state index contributed by atoms with van der Waals surface area (Å²) in [4.78, 5) is 16.9. The summed E-state index contributed by atoms with van der Waals surface area (Å²) < 4.78 is 0.155.